The summed E-state index contributed by atoms with van der Waals surface area (Å²) in [6.07, 6.45) is -1.15. The summed E-state index contributed by atoms with van der Waals surface area (Å²) in [5.74, 6) is -0.208. The Morgan fingerprint density at radius 1 is 1.32 bits per heavy atom. The maximum Gasteiger partial charge on any atom is 0.416 e. The van der Waals surface area contributed by atoms with Gasteiger partial charge in [-0.1, -0.05) is 18.2 Å². The van der Waals surface area contributed by atoms with E-state index in [-0.39, 0.29) is 30.4 Å². The second kappa shape index (κ2) is 8.39. The van der Waals surface area contributed by atoms with Gasteiger partial charge in [0.25, 0.3) is 0 Å². The van der Waals surface area contributed by atoms with Crippen LogP contribution in [-0.2, 0) is 17.5 Å². The first-order valence-electron chi connectivity index (χ1n) is 7.12. The van der Waals surface area contributed by atoms with E-state index < -0.39 is 11.7 Å². The molecule has 1 fully saturated rings. The van der Waals surface area contributed by atoms with Crippen LogP contribution in [0.1, 0.15) is 36.8 Å². The second-order valence-corrected chi connectivity index (χ2v) is 5.26. The molecule has 3 nitrogen and oxygen atoms in total. The van der Waals surface area contributed by atoms with E-state index in [1.54, 1.807) is 6.07 Å². The van der Waals surface area contributed by atoms with Crippen molar-refractivity contribution in [2.24, 2.45) is 0 Å². The lowest BCUT2D eigenvalue weighted by atomic mass is 10.1. The summed E-state index contributed by atoms with van der Waals surface area (Å²) in [6, 6.07) is 5.67. The molecule has 1 unspecified atom stereocenters. The molecule has 1 aromatic carbocycles. The van der Waals surface area contributed by atoms with Crippen LogP contribution in [0.25, 0.3) is 0 Å². The Kier molecular flexibility index (Phi) is 7.16. The Morgan fingerprint density at radius 2 is 2.05 bits per heavy atom. The van der Waals surface area contributed by atoms with Crippen molar-refractivity contribution < 1.29 is 18.0 Å². The average Bonchev–Trinajstić information content (AvgIpc) is 2.95. The van der Waals surface area contributed by atoms with E-state index in [1.807, 2.05) is 0 Å². The molecule has 1 aliphatic rings. The summed E-state index contributed by atoms with van der Waals surface area (Å²) in [7, 11) is 0. The number of rotatable bonds is 5. The smallest absolute Gasteiger partial charge is 0.352 e. The van der Waals surface area contributed by atoms with Crippen molar-refractivity contribution in [3.8, 4) is 0 Å². The Hall–Kier alpha value is -1.27. The largest absolute Gasteiger partial charge is 0.416 e. The highest BCUT2D eigenvalue weighted by Gasteiger charge is 2.32. The van der Waals surface area contributed by atoms with E-state index in [4.69, 9.17) is 0 Å². The minimum absolute atomic E-state index is 0. The number of benzene rings is 1. The van der Waals surface area contributed by atoms with E-state index in [9.17, 15) is 18.0 Å². The van der Waals surface area contributed by atoms with Crippen molar-refractivity contribution in [3.63, 3.8) is 0 Å². The molecular formula is C15H20ClF3N2O. The van der Waals surface area contributed by atoms with Gasteiger partial charge in [-0.05, 0) is 37.4 Å². The molecule has 0 radical (unpaired) electrons. The molecule has 0 spiro atoms. The maximum absolute atomic E-state index is 12.8. The number of carbonyl (C=O) groups excluding carboxylic acids is 1. The molecule has 1 aromatic rings. The van der Waals surface area contributed by atoms with Gasteiger partial charge in [-0.3, -0.25) is 4.79 Å². The number of amides is 1. The zero-order valence-electron chi connectivity index (χ0n) is 12.1. The molecule has 1 aliphatic heterocycles. The van der Waals surface area contributed by atoms with Crippen molar-refractivity contribution >= 4 is 18.3 Å². The van der Waals surface area contributed by atoms with Crippen molar-refractivity contribution in [2.45, 2.75) is 44.4 Å². The van der Waals surface area contributed by atoms with Gasteiger partial charge in [0.05, 0.1) is 5.56 Å². The third-order valence-electron chi connectivity index (χ3n) is 3.68. The highest BCUT2D eigenvalue weighted by molar-refractivity contribution is 5.85. The van der Waals surface area contributed by atoms with Crippen molar-refractivity contribution in [3.05, 3.63) is 35.4 Å². The van der Waals surface area contributed by atoms with Crippen molar-refractivity contribution in [2.75, 3.05) is 6.54 Å². The molecule has 0 bridgehead atoms. The molecule has 1 atom stereocenters. The number of nitrogens with one attached hydrogen (secondary N) is 2. The quantitative estimate of drug-likeness (QED) is 0.866. The number of hydrogen-bond donors (Lipinski definition) is 2. The van der Waals surface area contributed by atoms with E-state index in [0.717, 1.165) is 31.9 Å². The number of hydrogen-bond acceptors (Lipinski definition) is 2. The minimum Gasteiger partial charge on any atom is -0.352 e. The van der Waals surface area contributed by atoms with Crippen LogP contribution in [0, 0.1) is 0 Å². The zero-order valence-corrected chi connectivity index (χ0v) is 12.9. The Bertz CT molecular complexity index is 488. The predicted molar refractivity (Wildman–Crippen MR) is 80.8 cm³/mol. The summed E-state index contributed by atoms with van der Waals surface area (Å²) in [4.78, 5) is 11.7. The minimum atomic E-state index is -4.39. The van der Waals surface area contributed by atoms with Crippen LogP contribution < -0.4 is 10.6 Å². The summed E-state index contributed by atoms with van der Waals surface area (Å²) in [6.45, 7) is 0.887. The van der Waals surface area contributed by atoms with Gasteiger partial charge in [0, 0.05) is 19.0 Å². The molecule has 0 aliphatic carbocycles. The summed E-state index contributed by atoms with van der Waals surface area (Å²) in [5, 5.41) is 5.85. The molecule has 0 saturated carbocycles. The molecule has 1 saturated heterocycles. The van der Waals surface area contributed by atoms with Crippen molar-refractivity contribution in [1.82, 2.24) is 10.6 Å². The Morgan fingerprint density at radius 3 is 2.68 bits per heavy atom. The summed E-state index contributed by atoms with van der Waals surface area (Å²) < 4.78 is 38.4. The lowest BCUT2D eigenvalue weighted by molar-refractivity contribution is -0.138. The first-order valence-corrected chi connectivity index (χ1v) is 7.12. The number of alkyl halides is 3. The highest BCUT2D eigenvalue weighted by Crippen LogP contribution is 2.31. The van der Waals surface area contributed by atoms with Crippen LogP contribution in [0.3, 0.4) is 0 Å². The number of halogens is 4. The van der Waals surface area contributed by atoms with Gasteiger partial charge in [-0.2, -0.15) is 13.2 Å². The van der Waals surface area contributed by atoms with Gasteiger partial charge < -0.3 is 10.6 Å². The summed E-state index contributed by atoms with van der Waals surface area (Å²) >= 11 is 0. The van der Waals surface area contributed by atoms with Crippen LogP contribution in [0.5, 0.6) is 0 Å². The first-order chi connectivity index (χ1) is 9.97. The van der Waals surface area contributed by atoms with E-state index in [2.05, 4.69) is 10.6 Å². The fourth-order valence-corrected chi connectivity index (χ4v) is 2.54. The lowest BCUT2D eigenvalue weighted by Crippen LogP contribution is -2.27. The summed E-state index contributed by atoms with van der Waals surface area (Å²) in [5.41, 5.74) is -0.597. The molecule has 22 heavy (non-hydrogen) atoms. The number of carbonyl (C=O) groups is 1. The SMILES string of the molecule is Cl.O=C(CCC1CCCN1)NCc1ccccc1C(F)(F)F. The van der Waals surface area contributed by atoms with Gasteiger partial charge in [-0.15, -0.1) is 12.4 Å². The monoisotopic (exact) mass is 336 g/mol. The Labute approximate surface area is 134 Å². The Balaban J connectivity index is 0.00000242. The standard InChI is InChI=1S/C15H19F3N2O.ClH/c16-15(17,18)13-6-2-1-4-11(13)10-20-14(21)8-7-12-5-3-9-19-12;/h1-2,4,6,12,19H,3,5,7-10H2,(H,20,21);1H. The van der Waals surface area contributed by atoms with Crippen molar-refractivity contribution in [1.29, 1.82) is 0 Å². The molecule has 7 heteroatoms. The molecule has 2 N–H and O–H groups in total. The molecule has 124 valence electrons. The van der Waals surface area contributed by atoms with Crippen LogP contribution in [0.4, 0.5) is 13.2 Å². The van der Waals surface area contributed by atoms with Gasteiger partial charge in [-0.25, -0.2) is 0 Å². The predicted octanol–water partition coefficient (Wildman–Crippen LogP) is 3.28. The normalized spacial score (nSPS) is 17.9. The van der Waals surface area contributed by atoms with E-state index >= 15 is 0 Å². The molecule has 0 aromatic heterocycles. The topological polar surface area (TPSA) is 41.1 Å². The zero-order chi connectivity index (χ0) is 15.3. The van der Waals surface area contributed by atoms with E-state index in [1.165, 1.54) is 12.1 Å². The van der Waals surface area contributed by atoms with E-state index in [0.29, 0.717) is 12.5 Å². The van der Waals surface area contributed by atoms with Crippen LogP contribution >= 0.6 is 12.4 Å². The second-order valence-electron chi connectivity index (χ2n) is 5.26. The molecule has 1 amide bonds. The van der Waals surface area contributed by atoms with Gasteiger partial charge in [0.1, 0.15) is 0 Å². The third kappa shape index (κ3) is 5.50. The highest BCUT2D eigenvalue weighted by atomic mass is 35.5. The lowest BCUT2D eigenvalue weighted by Gasteiger charge is -2.14. The van der Waals surface area contributed by atoms with Gasteiger partial charge >= 0.3 is 6.18 Å². The first kappa shape index (κ1) is 18.8. The fourth-order valence-electron chi connectivity index (χ4n) is 2.54. The third-order valence-corrected chi connectivity index (χ3v) is 3.68. The van der Waals surface area contributed by atoms with Crippen LogP contribution in [-0.4, -0.2) is 18.5 Å². The maximum atomic E-state index is 12.8. The fraction of sp³-hybridized carbons (Fsp3) is 0.533. The van der Waals surface area contributed by atoms with Crippen LogP contribution in [0.2, 0.25) is 0 Å². The molecular weight excluding hydrogens is 317 g/mol. The average molecular weight is 337 g/mol. The van der Waals surface area contributed by atoms with Gasteiger partial charge in [0.15, 0.2) is 0 Å². The van der Waals surface area contributed by atoms with Gasteiger partial charge in [0.2, 0.25) is 5.91 Å². The molecule has 1 heterocycles. The molecule has 2 rings (SSSR count). The van der Waals surface area contributed by atoms with Crippen LogP contribution in [0.15, 0.2) is 24.3 Å².